The molecule has 0 atom stereocenters. The molecule has 2 fully saturated rings. The Hall–Kier alpha value is -0.610. The number of nitrogens with one attached hydrogen (secondary N) is 1. The summed E-state index contributed by atoms with van der Waals surface area (Å²) in [5.41, 5.74) is 6.28. The lowest BCUT2D eigenvalue weighted by Gasteiger charge is -2.41. The summed E-state index contributed by atoms with van der Waals surface area (Å²) in [4.78, 5) is 14.1. The summed E-state index contributed by atoms with van der Waals surface area (Å²) in [5, 5.41) is 3.12. The summed E-state index contributed by atoms with van der Waals surface area (Å²) in [5.74, 6) is 0.185. The van der Waals surface area contributed by atoms with Crippen LogP contribution in [0.1, 0.15) is 45.4 Å². The van der Waals surface area contributed by atoms with Gasteiger partial charge in [-0.1, -0.05) is 13.3 Å². The minimum atomic E-state index is 0.185. The Morgan fingerprint density at radius 3 is 2.56 bits per heavy atom. The van der Waals surface area contributed by atoms with Gasteiger partial charge in [-0.25, -0.2) is 0 Å². The van der Waals surface area contributed by atoms with Crippen molar-refractivity contribution in [1.82, 2.24) is 10.2 Å². The normalized spacial score (nSPS) is 24.6. The van der Waals surface area contributed by atoms with E-state index in [1.54, 1.807) is 0 Å². The van der Waals surface area contributed by atoms with Gasteiger partial charge in [-0.2, -0.15) is 0 Å². The number of nitrogens with two attached hydrogens (primary N) is 1. The monoisotopic (exact) mass is 253 g/mol. The Kier molecular flexibility index (Phi) is 4.62. The van der Waals surface area contributed by atoms with Crippen molar-refractivity contribution in [2.45, 2.75) is 51.5 Å². The molecule has 1 saturated heterocycles. The molecule has 0 radical (unpaired) electrons. The van der Waals surface area contributed by atoms with E-state index in [1.165, 1.54) is 25.7 Å². The van der Waals surface area contributed by atoms with Crippen molar-refractivity contribution in [3.63, 3.8) is 0 Å². The van der Waals surface area contributed by atoms with Crippen LogP contribution < -0.4 is 11.1 Å². The molecule has 2 rings (SSSR count). The summed E-state index contributed by atoms with van der Waals surface area (Å²) in [6.45, 7) is 5.58. The van der Waals surface area contributed by atoms with Gasteiger partial charge in [-0.3, -0.25) is 9.69 Å². The maximum atomic E-state index is 11.9. The zero-order valence-corrected chi connectivity index (χ0v) is 11.6. The molecule has 1 heterocycles. The van der Waals surface area contributed by atoms with Crippen molar-refractivity contribution in [2.75, 3.05) is 26.2 Å². The summed E-state index contributed by atoms with van der Waals surface area (Å²) >= 11 is 0. The highest BCUT2D eigenvalue weighted by atomic mass is 16.2. The van der Waals surface area contributed by atoms with Crippen LogP contribution in [0.2, 0.25) is 0 Å². The number of hydrogen-bond acceptors (Lipinski definition) is 3. The molecule has 0 aromatic heterocycles. The molecule has 1 saturated carbocycles. The van der Waals surface area contributed by atoms with Crippen molar-refractivity contribution in [3.05, 3.63) is 0 Å². The van der Waals surface area contributed by atoms with E-state index in [0.29, 0.717) is 18.0 Å². The quantitative estimate of drug-likeness (QED) is 0.771. The standard InChI is InChI=1S/C14H27N3O/c1-2-14(6-3-7-14)11-16-13(18)10-17-8-4-12(15)5-9-17/h12H,2-11,15H2,1H3,(H,16,18). The first kappa shape index (κ1) is 13.8. The molecule has 3 N–H and O–H groups in total. The molecule has 4 heteroatoms. The van der Waals surface area contributed by atoms with Crippen LogP contribution in [-0.2, 0) is 4.79 Å². The van der Waals surface area contributed by atoms with E-state index in [9.17, 15) is 4.79 Å². The minimum Gasteiger partial charge on any atom is -0.354 e. The van der Waals surface area contributed by atoms with E-state index in [1.807, 2.05) is 0 Å². The Morgan fingerprint density at radius 1 is 1.39 bits per heavy atom. The zero-order valence-electron chi connectivity index (χ0n) is 11.6. The minimum absolute atomic E-state index is 0.185. The van der Waals surface area contributed by atoms with Gasteiger partial charge >= 0.3 is 0 Å². The first-order valence-corrected chi connectivity index (χ1v) is 7.38. The molecule has 0 spiro atoms. The zero-order chi connectivity index (χ0) is 13.0. The van der Waals surface area contributed by atoms with Crippen molar-refractivity contribution < 1.29 is 4.79 Å². The molecule has 0 unspecified atom stereocenters. The van der Waals surface area contributed by atoms with Gasteiger partial charge in [0.2, 0.25) is 5.91 Å². The molecule has 18 heavy (non-hydrogen) atoms. The van der Waals surface area contributed by atoms with Gasteiger partial charge in [0.25, 0.3) is 0 Å². The largest absolute Gasteiger partial charge is 0.354 e. The van der Waals surface area contributed by atoms with Crippen LogP contribution in [0, 0.1) is 5.41 Å². The van der Waals surface area contributed by atoms with Crippen LogP contribution in [0.5, 0.6) is 0 Å². The summed E-state index contributed by atoms with van der Waals surface area (Å²) in [6, 6.07) is 0.336. The van der Waals surface area contributed by atoms with Gasteiger partial charge in [-0.15, -0.1) is 0 Å². The van der Waals surface area contributed by atoms with E-state index in [0.717, 1.165) is 32.5 Å². The van der Waals surface area contributed by atoms with E-state index < -0.39 is 0 Å². The Balaban J connectivity index is 1.66. The maximum absolute atomic E-state index is 11.9. The second-order valence-corrected chi connectivity index (χ2v) is 6.10. The topological polar surface area (TPSA) is 58.4 Å². The van der Waals surface area contributed by atoms with Gasteiger partial charge in [0.15, 0.2) is 0 Å². The van der Waals surface area contributed by atoms with Crippen molar-refractivity contribution in [3.8, 4) is 0 Å². The Labute approximate surface area is 110 Å². The second-order valence-electron chi connectivity index (χ2n) is 6.10. The Morgan fingerprint density at radius 2 is 2.06 bits per heavy atom. The summed E-state index contributed by atoms with van der Waals surface area (Å²) in [6.07, 6.45) is 7.11. The first-order valence-electron chi connectivity index (χ1n) is 7.38. The van der Waals surface area contributed by atoms with E-state index in [2.05, 4.69) is 17.1 Å². The lowest BCUT2D eigenvalue weighted by Crippen LogP contribution is -2.47. The number of amides is 1. The molecule has 0 aromatic carbocycles. The number of carbonyl (C=O) groups is 1. The van der Waals surface area contributed by atoms with Gasteiger partial charge in [0, 0.05) is 25.7 Å². The smallest absolute Gasteiger partial charge is 0.234 e. The van der Waals surface area contributed by atoms with Crippen LogP contribution in [0.25, 0.3) is 0 Å². The molecule has 104 valence electrons. The third-order valence-electron chi connectivity index (χ3n) is 4.82. The predicted octanol–water partition coefficient (Wildman–Crippen LogP) is 1.11. The fraction of sp³-hybridized carbons (Fsp3) is 0.929. The van der Waals surface area contributed by atoms with Gasteiger partial charge in [0.05, 0.1) is 6.54 Å². The fourth-order valence-electron chi connectivity index (χ4n) is 2.99. The molecule has 1 amide bonds. The van der Waals surface area contributed by atoms with E-state index in [4.69, 9.17) is 5.73 Å². The maximum Gasteiger partial charge on any atom is 0.234 e. The van der Waals surface area contributed by atoms with Crippen molar-refractivity contribution in [1.29, 1.82) is 0 Å². The molecule has 0 aromatic rings. The molecule has 2 aliphatic rings. The number of carbonyl (C=O) groups excluding carboxylic acids is 1. The van der Waals surface area contributed by atoms with E-state index in [-0.39, 0.29) is 5.91 Å². The van der Waals surface area contributed by atoms with Gasteiger partial charge in [0.1, 0.15) is 0 Å². The number of likely N-dealkylation sites (tertiary alicyclic amines) is 1. The Bertz CT molecular complexity index is 275. The average molecular weight is 253 g/mol. The molecule has 0 bridgehead atoms. The molecular weight excluding hydrogens is 226 g/mol. The van der Waals surface area contributed by atoms with Crippen LogP contribution in [0.15, 0.2) is 0 Å². The fourth-order valence-corrected chi connectivity index (χ4v) is 2.99. The van der Waals surface area contributed by atoms with Crippen LogP contribution in [0.3, 0.4) is 0 Å². The molecule has 1 aliphatic carbocycles. The highest BCUT2D eigenvalue weighted by molar-refractivity contribution is 5.78. The predicted molar refractivity (Wildman–Crippen MR) is 73.2 cm³/mol. The average Bonchev–Trinajstić information content (AvgIpc) is 2.31. The third-order valence-corrected chi connectivity index (χ3v) is 4.82. The summed E-state index contributed by atoms with van der Waals surface area (Å²) in [7, 11) is 0. The number of nitrogens with zero attached hydrogens (tertiary/aromatic N) is 1. The molecule has 4 nitrogen and oxygen atoms in total. The SMILES string of the molecule is CCC1(CNC(=O)CN2CCC(N)CC2)CCC1. The first-order chi connectivity index (χ1) is 8.63. The van der Waals surface area contributed by atoms with E-state index >= 15 is 0 Å². The van der Waals surface area contributed by atoms with Crippen LogP contribution >= 0.6 is 0 Å². The highest BCUT2D eigenvalue weighted by Gasteiger charge is 2.35. The van der Waals surface area contributed by atoms with Crippen molar-refractivity contribution in [2.24, 2.45) is 11.1 Å². The van der Waals surface area contributed by atoms with Crippen molar-refractivity contribution >= 4 is 5.91 Å². The third kappa shape index (κ3) is 3.45. The lowest BCUT2D eigenvalue weighted by molar-refractivity contribution is -0.123. The number of piperidine rings is 1. The van der Waals surface area contributed by atoms with Gasteiger partial charge < -0.3 is 11.1 Å². The van der Waals surface area contributed by atoms with Crippen LogP contribution in [-0.4, -0.2) is 43.0 Å². The molecular formula is C14H27N3O. The highest BCUT2D eigenvalue weighted by Crippen LogP contribution is 2.42. The molecule has 1 aliphatic heterocycles. The number of hydrogen-bond donors (Lipinski definition) is 2. The number of rotatable bonds is 5. The second kappa shape index (κ2) is 6.02. The van der Waals surface area contributed by atoms with Gasteiger partial charge in [-0.05, 0) is 37.5 Å². The van der Waals surface area contributed by atoms with Crippen LogP contribution in [0.4, 0.5) is 0 Å². The lowest BCUT2D eigenvalue weighted by atomic mass is 9.67. The summed E-state index contributed by atoms with van der Waals surface area (Å²) < 4.78 is 0.